The first-order valence-corrected chi connectivity index (χ1v) is 17.1. The van der Waals surface area contributed by atoms with Crippen LogP contribution in [-0.4, -0.2) is 76.7 Å². The van der Waals surface area contributed by atoms with Crippen molar-refractivity contribution in [2.24, 2.45) is 17.8 Å². The maximum atomic E-state index is 13.4. The molecule has 1 aromatic carbocycles. The summed E-state index contributed by atoms with van der Waals surface area (Å²) in [6.07, 6.45) is 4.99. The second-order valence-corrected chi connectivity index (χ2v) is 10.8. The Morgan fingerprint density at radius 1 is 1.00 bits per heavy atom. The minimum Gasteiger partial charge on any atom is -0.388 e. The molecule has 280 valence electrons. The summed E-state index contributed by atoms with van der Waals surface area (Å²) < 4.78 is 17.7. The number of rotatable bonds is 11. The summed E-state index contributed by atoms with van der Waals surface area (Å²) in [6.45, 7) is 23.0. The van der Waals surface area contributed by atoms with Gasteiger partial charge in [-0.25, -0.2) is 4.39 Å². The summed E-state index contributed by atoms with van der Waals surface area (Å²) in [4.78, 5) is 55.6. The Kier molecular flexibility index (Phi) is 43.3. The van der Waals surface area contributed by atoms with Crippen molar-refractivity contribution in [3.63, 3.8) is 0 Å². The van der Waals surface area contributed by atoms with Gasteiger partial charge in [0.25, 0.3) is 0 Å². The van der Waals surface area contributed by atoms with Gasteiger partial charge >= 0.3 is 0 Å². The van der Waals surface area contributed by atoms with E-state index in [-0.39, 0.29) is 35.8 Å². The normalized spacial score (nSPS) is 13.6. The van der Waals surface area contributed by atoms with Crippen LogP contribution >= 0.6 is 11.6 Å². The molecule has 0 saturated carbocycles. The van der Waals surface area contributed by atoms with Gasteiger partial charge in [-0.3, -0.25) is 14.4 Å². The van der Waals surface area contributed by atoms with E-state index in [0.717, 1.165) is 12.3 Å². The highest BCUT2D eigenvalue weighted by Crippen LogP contribution is 2.16. The van der Waals surface area contributed by atoms with Crippen LogP contribution in [0.2, 0.25) is 5.02 Å². The van der Waals surface area contributed by atoms with Crippen LogP contribution in [0, 0.1) is 23.6 Å². The number of ether oxygens (including phenoxy) is 1. The summed E-state index contributed by atoms with van der Waals surface area (Å²) in [5.41, 5.74) is 0.256. The Hall–Kier alpha value is -3.15. The van der Waals surface area contributed by atoms with Crippen LogP contribution < -0.4 is 21.3 Å². The predicted octanol–water partition coefficient (Wildman–Crippen LogP) is 6.25. The number of halogens is 2. The zero-order valence-electron chi connectivity index (χ0n) is 32.0. The van der Waals surface area contributed by atoms with Crippen LogP contribution in [-0.2, 0) is 28.7 Å². The maximum absolute atomic E-state index is 13.4. The Morgan fingerprint density at radius 3 is 1.90 bits per heavy atom. The average Bonchev–Trinajstić information content (AvgIpc) is 3.46. The molecule has 10 nitrogen and oxygen atoms in total. The fourth-order valence-corrected chi connectivity index (χ4v) is 3.27. The summed E-state index contributed by atoms with van der Waals surface area (Å²) in [5, 5.41) is 10.8. The van der Waals surface area contributed by atoms with Crippen molar-refractivity contribution in [2.45, 2.75) is 101 Å². The highest BCUT2D eigenvalue weighted by Gasteiger charge is 2.27. The van der Waals surface area contributed by atoms with Crippen molar-refractivity contribution in [1.82, 2.24) is 21.3 Å². The lowest BCUT2D eigenvalue weighted by Crippen LogP contribution is -2.42. The smallest absolute Gasteiger partial charge is 0.244 e. The van der Waals surface area contributed by atoms with Gasteiger partial charge in [0.1, 0.15) is 18.4 Å². The van der Waals surface area contributed by atoms with E-state index in [2.05, 4.69) is 46.8 Å². The fraction of sp³-hybridized carbons (Fsp3) is 0.639. The summed E-state index contributed by atoms with van der Waals surface area (Å²) in [7, 11) is 4.90. The number of methoxy groups -OCH3 is 1. The number of hydrogen-bond donors (Lipinski definition) is 4. The monoisotopic (exact) mass is 704 g/mol. The first kappa shape index (κ1) is 54.3. The standard InChI is InChI=1S/C14H15ClFNO2.C10H17N3O3.C4H10.C2H6O.3C2H6/c1-9(2)13(8-18)17-14(19)6-4-10-3-5-11(15)7-12(10)16;1-11-5-9(15)13-8(6-14)4-7-2-3-12-10(7)16;1-4(2)3;1-3-2;3*1-2/h3-9,13H,1-2H3,(H,17,19);6-8,11H,2-5H2,1H3,(H,12,16)(H,13,15);4H,1-3H3;1-2H3;3*1-2H3/b6-4+;;;;;;. The Morgan fingerprint density at radius 2 is 1.52 bits per heavy atom. The van der Waals surface area contributed by atoms with E-state index in [4.69, 9.17) is 11.6 Å². The highest BCUT2D eigenvalue weighted by atomic mass is 35.5. The third-order valence-electron chi connectivity index (χ3n) is 5.10. The molecule has 1 saturated heterocycles. The second kappa shape index (κ2) is 38.3. The molecule has 1 fully saturated rings. The lowest BCUT2D eigenvalue weighted by molar-refractivity contribution is -0.125. The van der Waals surface area contributed by atoms with E-state index in [1.165, 1.54) is 30.4 Å². The molecule has 0 spiro atoms. The van der Waals surface area contributed by atoms with Crippen molar-refractivity contribution in [2.75, 3.05) is 34.4 Å². The molecule has 0 bridgehead atoms. The molecule has 0 aromatic heterocycles. The minimum absolute atomic E-state index is 0.00196. The van der Waals surface area contributed by atoms with Gasteiger partial charge in [0.2, 0.25) is 17.7 Å². The Bertz CT molecular complexity index is 990. The molecule has 2 rings (SSSR count). The lowest BCUT2D eigenvalue weighted by atomic mass is 9.99. The molecule has 12 heteroatoms. The fourth-order valence-electron chi connectivity index (χ4n) is 3.12. The molecule has 1 aromatic rings. The third-order valence-corrected chi connectivity index (χ3v) is 5.33. The summed E-state index contributed by atoms with van der Waals surface area (Å²) >= 11 is 5.62. The number of aldehydes is 2. The van der Waals surface area contributed by atoms with Gasteiger partial charge in [-0.1, -0.05) is 93.8 Å². The summed E-state index contributed by atoms with van der Waals surface area (Å²) in [5.74, 6) is -0.549. The predicted molar refractivity (Wildman–Crippen MR) is 198 cm³/mol. The molecule has 3 unspecified atom stereocenters. The van der Waals surface area contributed by atoms with Crippen LogP contribution in [0.15, 0.2) is 24.3 Å². The van der Waals surface area contributed by atoms with Crippen molar-refractivity contribution in [3.05, 3.63) is 40.7 Å². The van der Waals surface area contributed by atoms with E-state index >= 15 is 0 Å². The number of benzene rings is 1. The first-order chi connectivity index (χ1) is 22.7. The van der Waals surface area contributed by atoms with Crippen LogP contribution in [0.25, 0.3) is 6.08 Å². The lowest BCUT2D eigenvalue weighted by Gasteiger charge is -2.15. The van der Waals surface area contributed by atoms with E-state index in [1.54, 1.807) is 21.3 Å². The number of carbonyl (C=O) groups is 5. The van der Waals surface area contributed by atoms with E-state index < -0.39 is 23.8 Å². The molecule has 0 aliphatic carbocycles. The van der Waals surface area contributed by atoms with Crippen LogP contribution in [0.3, 0.4) is 0 Å². The molecule has 48 heavy (non-hydrogen) atoms. The van der Waals surface area contributed by atoms with E-state index in [1.807, 2.05) is 55.4 Å². The zero-order valence-corrected chi connectivity index (χ0v) is 32.7. The highest BCUT2D eigenvalue weighted by molar-refractivity contribution is 6.30. The van der Waals surface area contributed by atoms with Crippen LogP contribution in [0.1, 0.15) is 94.6 Å². The molecule has 4 N–H and O–H groups in total. The van der Waals surface area contributed by atoms with Crippen molar-refractivity contribution in [3.8, 4) is 0 Å². The molecular weight excluding hydrogens is 639 g/mol. The SMILES string of the molecule is CC.CC.CC.CC(C)C.CC(C)C(C=O)NC(=O)/C=C/c1ccc(Cl)cc1F.CNCC(=O)NC(C=O)CC1CCNC1=O.COC. The maximum Gasteiger partial charge on any atom is 0.244 e. The van der Waals surface area contributed by atoms with Crippen molar-refractivity contribution in [1.29, 1.82) is 0 Å². The first-order valence-electron chi connectivity index (χ1n) is 16.7. The van der Waals surface area contributed by atoms with Crippen LogP contribution in [0.4, 0.5) is 4.39 Å². The van der Waals surface area contributed by atoms with Gasteiger partial charge in [0.05, 0.1) is 18.6 Å². The van der Waals surface area contributed by atoms with E-state index in [9.17, 15) is 28.4 Å². The number of likely N-dealkylation sites (N-methyl/N-ethyl adjacent to an activating group) is 1. The third kappa shape index (κ3) is 32.8. The number of hydrogen-bond acceptors (Lipinski definition) is 7. The van der Waals surface area contributed by atoms with Crippen LogP contribution in [0.5, 0.6) is 0 Å². The Labute approximate surface area is 295 Å². The minimum atomic E-state index is -0.574. The zero-order chi connectivity index (χ0) is 38.7. The molecule has 3 amide bonds. The van der Waals surface area contributed by atoms with Gasteiger partial charge in [0, 0.05) is 43.3 Å². The van der Waals surface area contributed by atoms with Gasteiger partial charge in [-0.2, -0.15) is 0 Å². The average molecular weight is 705 g/mol. The molecule has 1 heterocycles. The van der Waals surface area contributed by atoms with Crippen molar-refractivity contribution < 1.29 is 33.1 Å². The van der Waals surface area contributed by atoms with Gasteiger partial charge in [-0.15, -0.1) is 0 Å². The van der Waals surface area contributed by atoms with Gasteiger partial charge in [-0.05, 0) is 49.9 Å². The van der Waals surface area contributed by atoms with Gasteiger partial charge < -0.3 is 35.6 Å². The molecule has 3 atom stereocenters. The number of amides is 3. The Balaban J connectivity index is -0.000000191. The molecular formula is C36H66ClFN4O6. The topological polar surface area (TPSA) is 143 Å². The van der Waals surface area contributed by atoms with Gasteiger partial charge in [0.15, 0.2) is 0 Å². The second-order valence-electron chi connectivity index (χ2n) is 10.4. The number of nitrogens with one attached hydrogen (secondary N) is 4. The largest absolute Gasteiger partial charge is 0.388 e. The summed E-state index contributed by atoms with van der Waals surface area (Å²) in [6, 6.07) is 3.05. The molecule has 1 aliphatic rings. The van der Waals surface area contributed by atoms with E-state index in [0.29, 0.717) is 30.6 Å². The van der Waals surface area contributed by atoms with Crippen molar-refractivity contribution >= 4 is 48.0 Å². The molecule has 0 radical (unpaired) electrons. The molecule has 1 aliphatic heterocycles. The quantitative estimate of drug-likeness (QED) is 0.158. The number of carbonyl (C=O) groups excluding carboxylic acids is 5.